The molecule has 0 radical (unpaired) electrons. The van der Waals surface area contributed by atoms with Crippen molar-refractivity contribution in [2.45, 2.75) is 19.0 Å². The summed E-state index contributed by atoms with van der Waals surface area (Å²) in [7, 11) is 0. The van der Waals surface area contributed by atoms with Gasteiger partial charge in [-0.25, -0.2) is 9.97 Å². The molecule has 1 fully saturated rings. The zero-order chi connectivity index (χ0) is 17.6. The summed E-state index contributed by atoms with van der Waals surface area (Å²) in [5.74, 6) is 0.657. The number of imidazole rings is 1. The normalized spacial score (nSPS) is 14.7. The Morgan fingerprint density at radius 3 is 2.56 bits per heavy atom. The van der Waals surface area contributed by atoms with E-state index < -0.39 is 11.7 Å². The average molecular weight is 346 g/mol. The van der Waals surface area contributed by atoms with E-state index in [2.05, 4.69) is 15.3 Å². The van der Waals surface area contributed by atoms with Gasteiger partial charge in [-0.2, -0.15) is 13.2 Å². The molecule has 4 rings (SSSR count). The molecule has 0 bridgehead atoms. The Morgan fingerprint density at radius 2 is 1.92 bits per heavy atom. The number of fused-ring (bicyclic) bond motifs is 1. The molecule has 1 aliphatic carbocycles. The Hall–Kier alpha value is -2.90. The minimum atomic E-state index is -4.40. The number of halogens is 3. The standard InChI is InChI=1S/C17H13F3N4O/c18-17(19,20)12-6-4-10(5-7-12)13-14(23-15(25)11-2-3-11)24-9-1-8-21-16(24)22-13/h1,4-9,11H,2-3H2,(H,23,25). The third kappa shape index (κ3) is 2.95. The van der Waals surface area contributed by atoms with Crippen LogP contribution in [-0.2, 0) is 11.0 Å². The van der Waals surface area contributed by atoms with E-state index in [4.69, 9.17) is 0 Å². The van der Waals surface area contributed by atoms with Gasteiger partial charge in [-0.05, 0) is 31.0 Å². The second kappa shape index (κ2) is 5.58. The van der Waals surface area contributed by atoms with Crippen molar-refractivity contribution < 1.29 is 18.0 Å². The van der Waals surface area contributed by atoms with Crippen LogP contribution in [-0.4, -0.2) is 20.3 Å². The van der Waals surface area contributed by atoms with Gasteiger partial charge in [0.05, 0.1) is 5.56 Å². The summed E-state index contributed by atoms with van der Waals surface area (Å²) < 4.78 is 39.9. The van der Waals surface area contributed by atoms with E-state index in [1.165, 1.54) is 12.1 Å². The Bertz CT molecular complexity index is 943. The SMILES string of the molecule is O=C(Nc1c(-c2ccc(C(F)(F)F)cc2)nc2ncccn12)C1CC1. The molecule has 0 saturated heterocycles. The average Bonchev–Trinajstić information content (AvgIpc) is 3.38. The van der Waals surface area contributed by atoms with Crippen LogP contribution >= 0.6 is 0 Å². The monoisotopic (exact) mass is 346 g/mol. The van der Waals surface area contributed by atoms with Crippen molar-refractivity contribution in [1.82, 2.24) is 14.4 Å². The number of nitrogens with zero attached hydrogens (tertiary/aromatic N) is 3. The molecule has 25 heavy (non-hydrogen) atoms. The van der Waals surface area contributed by atoms with Gasteiger partial charge in [-0.1, -0.05) is 12.1 Å². The fraction of sp³-hybridized carbons (Fsp3) is 0.235. The molecule has 5 nitrogen and oxygen atoms in total. The van der Waals surface area contributed by atoms with Crippen LogP contribution in [0.2, 0.25) is 0 Å². The highest BCUT2D eigenvalue weighted by Gasteiger charge is 2.32. The van der Waals surface area contributed by atoms with E-state index in [-0.39, 0.29) is 11.8 Å². The first-order valence-electron chi connectivity index (χ1n) is 7.75. The first-order chi connectivity index (χ1) is 11.9. The number of aromatic nitrogens is 3. The molecule has 2 heterocycles. The van der Waals surface area contributed by atoms with Crippen LogP contribution in [0.25, 0.3) is 17.0 Å². The molecule has 8 heteroatoms. The van der Waals surface area contributed by atoms with Crippen molar-refractivity contribution in [2.75, 3.05) is 5.32 Å². The molecule has 1 N–H and O–H groups in total. The summed E-state index contributed by atoms with van der Waals surface area (Å²) in [6.07, 6.45) is 0.547. The van der Waals surface area contributed by atoms with Crippen molar-refractivity contribution in [3.05, 3.63) is 48.3 Å². The highest BCUT2D eigenvalue weighted by molar-refractivity contribution is 5.97. The van der Waals surface area contributed by atoms with Crippen molar-refractivity contribution in [1.29, 1.82) is 0 Å². The van der Waals surface area contributed by atoms with Crippen LogP contribution in [0.5, 0.6) is 0 Å². The van der Waals surface area contributed by atoms with Crippen LogP contribution in [0.3, 0.4) is 0 Å². The number of alkyl halides is 3. The van der Waals surface area contributed by atoms with Crippen LogP contribution < -0.4 is 5.32 Å². The number of benzene rings is 1. The first kappa shape index (κ1) is 15.6. The van der Waals surface area contributed by atoms with E-state index >= 15 is 0 Å². The lowest BCUT2D eigenvalue weighted by Crippen LogP contribution is -2.15. The summed E-state index contributed by atoms with van der Waals surface area (Å²) in [6, 6.07) is 6.38. The fourth-order valence-corrected chi connectivity index (χ4v) is 2.59. The van der Waals surface area contributed by atoms with Gasteiger partial charge < -0.3 is 5.32 Å². The van der Waals surface area contributed by atoms with Crippen LogP contribution in [0.4, 0.5) is 19.0 Å². The summed E-state index contributed by atoms with van der Waals surface area (Å²) in [5, 5.41) is 2.84. The molecule has 3 aromatic rings. The van der Waals surface area contributed by atoms with Gasteiger partial charge >= 0.3 is 6.18 Å². The summed E-state index contributed by atoms with van der Waals surface area (Å²) in [6.45, 7) is 0. The fourth-order valence-electron chi connectivity index (χ4n) is 2.59. The topological polar surface area (TPSA) is 59.3 Å². The molecule has 1 aromatic carbocycles. The Kier molecular flexibility index (Phi) is 3.48. The molecule has 0 aliphatic heterocycles. The van der Waals surface area contributed by atoms with Gasteiger partial charge in [-0.3, -0.25) is 9.20 Å². The van der Waals surface area contributed by atoms with Gasteiger partial charge in [0.2, 0.25) is 11.7 Å². The van der Waals surface area contributed by atoms with Gasteiger partial charge in [0, 0.05) is 23.9 Å². The second-order valence-electron chi connectivity index (χ2n) is 5.94. The summed E-state index contributed by atoms with van der Waals surface area (Å²) in [5.41, 5.74) is 0.132. The maximum Gasteiger partial charge on any atom is 0.416 e. The lowest BCUT2D eigenvalue weighted by Gasteiger charge is -2.09. The van der Waals surface area contributed by atoms with Gasteiger partial charge in [0.15, 0.2) is 0 Å². The Balaban J connectivity index is 1.79. The van der Waals surface area contributed by atoms with E-state index in [9.17, 15) is 18.0 Å². The quantitative estimate of drug-likeness (QED) is 0.785. The van der Waals surface area contributed by atoms with E-state index in [0.717, 1.165) is 25.0 Å². The predicted octanol–water partition coefficient (Wildman–Crippen LogP) is 3.76. The molecular weight excluding hydrogens is 333 g/mol. The van der Waals surface area contributed by atoms with E-state index in [1.54, 1.807) is 22.9 Å². The number of rotatable bonds is 3. The molecule has 1 amide bonds. The molecule has 0 unspecified atom stereocenters. The number of carbonyl (C=O) groups excluding carboxylic acids is 1. The molecule has 1 aliphatic rings. The molecule has 2 aromatic heterocycles. The molecule has 128 valence electrons. The number of hydrogen-bond donors (Lipinski definition) is 1. The highest BCUT2D eigenvalue weighted by Crippen LogP contribution is 2.35. The lowest BCUT2D eigenvalue weighted by molar-refractivity contribution is -0.137. The van der Waals surface area contributed by atoms with Crippen LogP contribution in [0, 0.1) is 5.92 Å². The Labute approximate surface area is 140 Å². The molecule has 0 atom stereocenters. The van der Waals surface area contributed by atoms with Crippen molar-refractivity contribution >= 4 is 17.5 Å². The molecular formula is C17H13F3N4O. The zero-order valence-corrected chi connectivity index (χ0v) is 12.9. The maximum absolute atomic E-state index is 12.7. The number of carbonyl (C=O) groups is 1. The number of hydrogen-bond acceptors (Lipinski definition) is 3. The second-order valence-corrected chi connectivity index (χ2v) is 5.94. The first-order valence-corrected chi connectivity index (χ1v) is 7.75. The number of anilines is 1. The molecule has 0 spiro atoms. The van der Waals surface area contributed by atoms with Gasteiger partial charge in [0.1, 0.15) is 11.5 Å². The number of nitrogens with one attached hydrogen (secondary N) is 1. The summed E-state index contributed by atoms with van der Waals surface area (Å²) >= 11 is 0. The van der Waals surface area contributed by atoms with Crippen molar-refractivity contribution in [3.63, 3.8) is 0 Å². The largest absolute Gasteiger partial charge is 0.416 e. The minimum absolute atomic E-state index is 0.0114. The zero-order valence-electron chi connectivity index (χ0n) is 12.9. The smallest absolute Gasteiger partial charge is 0.310 e. The van der Waals surface area contributed by atoms with Gasteiger partial charge in [-0.15, -0.1) is 0 Å². The summed E-state index contributed by atoms with van der Waals surface area (Å²) in [4.78, 5) is 20.7. The van der Waals surface area contributed by atoms with E-state index in [0.29, 0.717) is 22.9 Å². The maximum atomic E-state index is 12.7. The van der Waals surface area contributed by atoms with E-state index in [1.807, 2.05) is 0 Å². The molecule has 1 saturated carbocycles. The van der Waals surface area contributed by atoms with Gasteiger partial charge in [0.25, 0.3) is 0 Å². The lowest BCUT2D eigenvalue weighted by atomic mass is 10.1. The highest BCUT2D eigenvalue weighted by atomic mass is 19.4. The van der Waals surface area contributed by atoms with Crippen molar-refractivity contribution in [2.24, 2.45) is 5.92 Å². The van der Waals surface area contributed by atoms with Crippen molar-refractivity contribution in [3.8, 4) is 11.3 Å². The minimum Gasteiger partial charge on any atom is -0.310 e. The predicted molar refractivity (Wildman–Crippen MR) is 84.8 cm³/mol. The Morgan fingerprint density at radius 1 is 1.20 bits per heavy atom. The third-order valence-electron chi connectivity index (χ3n) is 4.08. The van der Waals surface area contributed by atoms with Crippen LogP contribution in [0.1, 0.15) is 18.4 Å². The van der Waals surface area contributed by atoms with Crippen LogP contribution in [0.15, 0.2) is 42.7 Å². The number of amides is 1. The third-order valence-corrected chi connectivity index (χ3v) is 4.08.